The van der Waals surface area contributed by atoms with Crippen LogP contribution in [0.5, 0.6) is 11.5 Å². The van der Waals surface area contributed by atoms with Gasteiger partial charge in [-0.25, -0.2) is 8.42 Å². The molecule has 0 unspecified atom stereocenters. The normalized spacial score (nSPS) is 11.2. The topological polar surface area (TPSA) is 63.6 Å². The summed E-state index contributed by atoms with van der Waals surface area (Å²) in [6.07, 6.45) is 0. The monoisotopic (exact) mass is 264 g/mol. The van der Waals surface area contributed by atoms with Crippen LogP contribution in [0.4, 0.5) is 0 Å². The highest BCUT2D eigenvalue weighted by Crippen LogP contribution is 2.31. The Labute approximate surface area is 105 Å². The largest absolute Gasteiger partial charge is 0.508 e. The lowest BCUT2D eigenvalue weighted by Crippen LogP contribution is -2.04. The van der Waals surface area contributed by atoms with Gasteiger partial charge in [0.2, 0.25) is 9.84 Å². The fourth-order valence-corrected chi connectivity index (χ4v) is 3.03. The standard InChI is InChI=1S/C13H12O4S/c1-17-12-9-10(14)7-8-13(12)18(15,16)11-5-3-2-4-6-11/h2-9,14H,1H3. The average Bonchev–Trinajstić information content (AvgIpc) is 2.39. The van der Waals surface area contributed by atoms with Gasteiger partial charge >= 0.3 is 0 Å². The van der Waals surface area contributed by atoms with E-state index in [0.717, 1.165) is 0 Å². The number of phenols is 1. The number of phenolic OH excluding ortho intramolecular Hbond substituents is 1. The van der Waals surface area contributed by atoms with Crippen LogP contribution in [0.1, 0.15) is 0 Å². The van der Waals surface area contributed by atoms with Gasteiger partial charge in [-0.05, 0) is 24.3 Å². The number of benzene rings is 2. The number of hydrogen-bond acceptors (Lipinski definition) is 4. The van der Waals surface area contributed by atoms with Crippen molar-refractivity contribution in [2.75, 3.05) is 7.11 Å². The Morgan fingerprint density at radius 3 is 2.33 bits per heavy atom. The number of hydrogen-bond donors (Lipinski definition) is 1. The summed E-state index contributed by atoms with van der Waals surface area (Å²) in [6, 6.07) is 12.0. The molecule has 0 aliphatic heterocycles. The Balaban J connectivity index is 2.62. The second kappa shape index (κ2) is 4.70. The Morgan fingerprint density at radius 2 is 1.72 bits per heavy atom. The number of sulfone groups is 1. The smallest absolute Gasteiger partial charge is 0.210 e. The minimum absolute atomic E-state index is 0.0361. The minimum Gasteiger partial charge on any atom is -0.508 e. The van der Waals surface area contributed by atoms with Gasteiger partial charge in [0.25, 0.3) is 0 Å². The summed E-state index contributed by atoms with van der Waals surface area (Å²) in [5.41, 5.74) is 0. The average molecular weight is 264 g/mol. The van der Waals surface area contributed by atoms with Crippen molar-refractivity contribution in [1.82, 2.24) is 0 Å². The Kier molecular flexibility index (Phi) is 3.25. The number of methoxy groups -OCH3 is 1. The third-order valence-corrected chi connectivity index (χ3v) is 4.30. The fourth-order valence-electron chi connectivity index (χ4n) is 1.60. The first-order valence-corrected chi connectivity index (χ1v) is 6.71. The lowest BCUT2D eigenvalue weighted by atomic mass is 10.3. The van der Waals surface area contributed by atoms with Gasteiger partial charge in [0.1, 0.15) is 16.4 Å². The maximum atomic E-state index is 12.4. The summed E-state index contributed by atoms with van der Waals surface area (Å²) in [7, 11) is -2.27. The molecule has 0 saturated heterocycles. The molecule has 2 aromatic carbocycles. The van der Waals surface area contributed by atoms with Crippen LogP contribution in [0.25, 0.3) is 0 Å². The first-order valence-electron chi connectivity index (χ1n) is 5.23. The van der Waals surface area contributed by atoms with E-state index in [0.29, 0.717) is 0 Å². The Bertz CT molecular complexity index is 648. The number of aromatic hydroxyl groups is 1. The van der Waals surface area contributed by atoms with Crippen LogP contribution in [0.2, 0.25) is 0 Å². The lowest BCUT2D eigenvalue weighted by molar-refractivity contribution is 0.396. The highest BCUT2D eigenvalue weighted by atomic mass is 32.2. The van der Waals surface area contributed by atoms with E-state index in [1.165, 1.54) is 37.4 Å². The van der Waals surface area contributed by atoms with Crippen molar-refractivity contribution in [1.29, 1.82) is 0 Å². The molecule has 0 amide bonds. The predicted molar refractivity (Wildman–Crippen MR) is 66.6 cm³/mol. The molecule has 0 fully saturated rings. The van der Waals surface area contributed by atoms with Gasteiger partial charge in [0.05, 0.1) is 12.0 Å². The maximum Gasteiger partial charge on any atom is 0.210 e. The van der Waals surface area contributed by atoms with Crippen molar-refractivity contribution >= 4 is 9.84 Å². The fraction of sp³-hybridized carbons (Fsp3) is 0.0769. The molecule has 2 rings (SSSR count). The molecule has 0 bridgehead atoms. The van der Waals surface area contributed by atoms with Gasteiger partial charge in [0.15, 0.2) is 0 Å². The van der Waals surface area contributed by atoms with Gasteiger partial charge < -0.3 is 9.84 Å². The van der Waals surface area contributed by atoms with Crippen LogP contribution in [-0.2, 0) is 9.84 Å². The van der Waals surface area contributed by atoms with Crippen LogP contribution in [-0.4, -0.2) is 20.6 Å². The molecule has 2 aromatic rings. The summed E-state index contributed by atoms with van der Waals surface area (Å²) in [5, 5.41) is 9.33. The first-order chi connectivity index (χ1) is 8.55. The molecule has 18 heavy (non-hydrogen) atoms. The van der Waals surface area contributed by atoms with Crippen LogP contribution in [0, 0.1) is 0 Å². The second-order valence-corrected chi connectivity index (χ2v) is 5.57. The minimum atomic E-state index is -3.63. The molecular weight excluding hydrogens is 252 g/mol. The van der Waals surface area contributed by atoms with Crippen molar-refractivity contribution in [2.45, 2.75) is 9.79 Å². The summed E-state index contributed by atoms with van der Waals surface area (Å²) in [5.74, 6) is 0.0812. The zero-order chi connectivity index (χ0) is 13.2. The SMILES string of the molecule is COc1cc(O)ccc1S(=O)(=O)c1ccccc1. The van der Waals surface area contributed by atoms with Gasteiger partial charge in [-0.3, -0.25) is 0 Å². The maximum absolute atomic E-state index is 12.4. The highest BCUT2D eigenvalue weighted by molar-refractivity contribution is 7.91. The highest BCUT2D eigenvalue weighted by Gasteiger charge is 2.21. The Morgan fingerprint density at radius 1 is 1.06 bits per heavy atom. The summed E-state index contributed by atoms with van der Waals surface area (Å²) in [4.78, 5) is 0.225. The second-order valence-electron chi connectivity index (χ2n) is 3.65. The van der Waals surface area contributed by atoms with Crippen LogP contribution in [0.3, 0.4) is 0 Å². The molecule has 5 heteroatoms. The molecule has 1 N–H and O–H groups in total. The molecule has 0 atom stereocenters. The summed E-state index contributed by atoms with van der Waals surface area (Å²) in [6.45, 7) is 0. The van der Waals surface area contributed by atoms with E-state index < -0.39 is 9.84 Å². The zero-order valence-electron chi connectivity index (χ0n) is 9.70. The van der Waals surface area contributed by atoms with E-state index in [1.807, 2.05) is 0 Å². The van der Waals surface area contributed by atoms with Gasteiger partial charge in [-0.2, -0.15) is 0 Å². The Hall–Kier alpha value is -2.01. The third kappa shape index (κ3) is 2.17. The van der Waals surface area contributed by atoms with E-state index in [1.54, 1.807) is 18.2 Å². The van der Waals surface area contributed by atoms with Crippen LogP contribution in [0.15, 0.2) is 58.3 Å². The van der Waals surface area contributed by atoms with Gasteiger partial charge in [-0.15, -0.1) is 0 Å². The van der Waals surface area contributed by atoms with E-state index >= 15 is 0 Å². The van der Waals surface area contributed by atoms with Crippen LogP contribution < -0.4 is 4.74 Å². The van der Waals surface area contributed by atoms with Crippen molar-refractivity contribution in [3.8, 4) is 11.5 Å². The van der Waals surface area contributed by atoms with Gasteiger partial charge in [-0.1, -0.05) is 18.2 Å². The molecule has 0 aliphatic carbocycles. The zero-order valence-corrected chi connectivity index (χ0v) is 10.5. The third-order valence-electron chi connectivity index (χ3n) is 2.49. The van der Waals surface area contributed by atoms with Crippen molar-refractivity contribution in [2.24, 2.45) is 0 Å². The molecule has 0 saturated carbocycles. The van der Waals surface area contributed by atoms with Crippen LogP contribution >= 0.6 is 0 Å². The first kappa shape index (κ1) is 12.4. The number of ether oxygens (including phenoxy) is 1. The van der Waals surface area contributed by atoms with Crippen molar-refractivity contribution < 1.29 is 18.3 Å². The lowest BCUT2D eigenvalue weighted by Gasteiger charge is -2.09. The van der Waals surface area contributed by atoms with Crippen molar-refractivity contribution in [3.05, 3.63) is 48.5 Å². The number of rotatable bonds is 3. The molecule has 94 valence electrons. The van der Waals surface area contributed by atoms with Gasteiger partial charge in [0, 0.05) is 6.07 Å². The molecular formula is C13H12O4S. The van der Waals surface area contributed by atoms with E-state index in [9.17, 15) is 13.5 Å². The quantitative estimate of drug-likeness (QED) is 0.923. The predicted octanol–water partition coefficient (Wildman–Crippen LogP) is 2.23. The van der Waals surface area contributed by atoms with Crippen molar-refractivity contribution in [3.63, 3.8) is 0 Å². The molecule has 0 aliphatic rings. The summed E-state index contributed by atoms with van der Waals surface area (Å²) < 4.78 is 29.7. The molecule has 0 aromatic heterocycles. The molecule has 0 spiro atoms. The molecule has 0 radical (unpaired) electrons. The van der Waals surface area contributed by atoms with E-state index in [-0.39, 0.29) is 21.3 Å². The summed E-state index contributed by atoms with van der Waals surface area (Å²) >= 11 is 0. The van der Waals surface area contributed by atoms with E-state index in [4.69, 9.17) is 4.74 Å². The molecule has 0 heterocycles. The van der Waals surface area contributed by atoms with E-state index in [2.05, 4.69) is 0 Å². The molecule has 4 nitrogen and oxygen atoms in total.